The SMILES string of the molecule is CCNc1ncc(CN2CCC[C@H]2c2nc3ccccc3n2C)cn1. The number of imidazole rings is 1. The molecule has 1 aromatic carbocycles. The Labute approximate surface area is 147 Å². The molecule has 1 saturated heterocycles. The second kappa shape index (κ2) is 6.80. The first-order valence-corrected chi connectivity index (χ1v) is 8.96. The van der Waals surface area contributed by atoms with E-state index in [2.05, 4.69) is 56.1 Å². The van der Waals surface area contributed by atoms with Gasteiger partial charge in [-0.15, -0.1) is 0 Å². The largest absolute Gasteiger partial charge is 0.355 e. The van der Waals surface area contributed by atoms with Gasteiger partial charge in [-0.25, -0.2) is 15.0 Å². The highest BCUT2D eigenvalue weighted by molar-refractivity contribution is 5.75. The van der Waals surface area contributed by atoms with Gasteiger partial charge in [-0.3, -0.25) is 4.90 Å². The van der Waals surface area contributed by atoms with E-state index in [-0.39, 0.29) is 0 Å². The number of aryl methyl sites for hydroxylation is 1. The maximum Gasteiger partial charge on any atom is 0.222 e. The highest BCUT2D eigenvalue weighted by Crippen LogP contribution is 2.33. The average Bonchev–Trinajstić information content (AvgIpc) is 3.22. The lowest BCUT2D eigenvalue weighted by Gasteiger charge is -2.24. The van der Waals surface area contributed by atoms with Crippen molar-refractivity contribution < 1.29 is 0 Å². The summed E-state index contributed by atoms with van der Waals surface area (Å²) in [6, 6.07) is 8.70. The number of nitrogens with one attached hydrogen (secondary N) is 1. The fourth-order valence-corrected chi connectivity index (χ4v) is 3.69. The van der Waals surface area contributed by atoms with Crippen molar-refractivity contribution in [2.24, 2.45) is 7.05 Å². The molecule has 0 radical (unpaired) electrons. The summed E-state index contributed by atoms with van der Waals surface area (Å²) in [5.74, 6) is 1.85. The van der Waals surface area contributed by atoms with Crippen LogP contribution in [0.2, 0.25) is 0 Å². The minimum atomic E-state index is 0.353. The van der Waals surface area contributed by atoms with Gasteiger partial charge in [0.05, 0.1) is 17.1 Å². The normalized spacial score (nSPS) is 18.1. The minimum absolute atomic E-state index is 0.353. The third kappa shape index (κ3) is 3.09. The molecule has 1 atom stereocenters. The third-order valence-electron chi connectivity index (χ3n) is 4.91. The van der Waals surface area contributed by atoms with E-state index < -0.39 is 0 Å². The predicted molar refractivity (Wildman–Crippen MR) is 99.3 cm³/mol. The lowest BCUT2D eigenvalue weighted by Crippen LogP contribution is -2.25. The fourth-order valence-electron chi connectivity index (χ4n) is 3.69. The second-order valence-corrected chi connectivity index (χ2v) is 6.59. The van der Waals surface area contributed by atoms with Gasteiger partial charge >= 0.3 is 0 Å². The highest BCUT2D eigenvalue weighted by Gasteiger charge is 2.29. The molecule has 1 fully saturated rings. The van der Waals surface area contributed by atoms with Crippen molar-refractivity contribution >= 4 is 17.0 Å². The van der Waals surface area contributed by atoms with Crippen LogP contribution in [0, 0.1) is 0 Å². The quantitative estimate of drug-likeness (QED) is 0.776. The van der Waals surface area contributed by atoms with Crippen LogP contribution in [0.4, 0.5) is 5.95 Å². The number of aromatic nitrogens is 4. The smallest absolute Gasteiger partial charge is 0.222 e. The molecule has 0 amide bonds. The summed E-state index contributed by atoms with van der Waals surface area (Å²) in [5.41, 5.74) is 3.42. The van der Waals surface area contributed by atoms with Crippen molar-refractivity contribution in [1.82, 2.24) is 24.4 Å². The molecule has 0 unspecified atom stereocenters. The average molecular weight is 336 g/mol. The van der Waals surface area contributed by atoms with Crippen LogP contribution in [-0.2, 0) is 13.6 Å². The Kier molecular flexibility index (Phi) is 4.36. The Morgan fingerprint density at radius 3 is 2.76 bits per heavy atom. The van der Waals surface area contributed by atoms with Crippen molar-refractivity contribution in [3.63, 3.8) is 0 Å². The van der Waals surface area contributed by atoms with Gasteiger partial charge in [-0.1, -0.05) is 12.1 Å². The lowest BCUT2D eigenvalue weighted by atomic mass is 10.2. The van der Waals surface area contributed by atoms with E-state index in [0.717, 1.165) is 43.0 Å². The van der Waals surface area contributed by atoms with Gasteiger partial charge in [0, 0.05) is 38.1 Å². The van der Waals surface area contributed by atoms with Crippen molar-refractivity contribution in [2.45, 2.75) is 32.4 Å². The zero-order valence-electron chi connectivity index (χ0n) is 14.8. The summed E-state index contributed by atoms with van der Waals surface area (Å²) in [7, 11) is 2.12. The molecule has 2 aromatic heterocycles. The van der Waals surface area contributed by atoms with Crippen LogP contribution < -0.4 is 5.32 Å². The maximum atomic E-state index is 4.90. The number of likely N-dealkylation sites (tertiary alicyclic amines) is 1. The monoisotopic (exact) mass is 336 g/mol. The summed E-state index contributed by atoms with van der Waals surface area (Å²) in [6.45, 7) is 4.83. The topological polar surface area (TPSA) is 58.9 Å². The van der Waals surface area contributed by atoms with Gasteiger partial charge in [-0.05, 0) is 38.4 Å². The molecule has 0 bridgehead atoms. The van der Waals surface area contributed by atoms with Crippen LogP contribution >= 0.6 is 0 Å². The van der Waals surface area contributed by atoms with Crippen LogP contribution in [0.25, 0.3) is 11.0 Å². The number of para-hydroxylation sites is 2. The molecule has 1 N–H and O–H groups in total. The van der Waals surface area contributed by atoms with Crippen molar-refractivity contribution in [1.29, 1.82) is 0 Å². The number of benzene rings is 1. The second-order valence-electron chi connectivity index (χ2n) is 6.59. The molecule has 6 nitrogen and oxygen atoms in total. The number of fused-ring (bicyclic) bond motifs is 1. The maximum absolute atomic E-state index is 4.90. The zero-order chi connectivity index (χ0) is 17.2. The van der Waals surface area contributed by atoms with E-state index in [1.165, 1.54) is 11.9 Å². The summed E-state index contributed by atoms with van der Waals surface area (Å²) in [4.78, 5) is 16.2. The van der Waals surface area contributed by atoms with E-state index in [4.69, 9.17) is 4.98 Å². The number of anilines is 1. The van der Waals surface area contributed by atoms with E-state index in [9.17, 15) is 0 Å². The van der Waals surface area contributed by atoms with Crippen LogP contribution in [0.3, 0.4) is 0 Å². The summed E-state index contributed by atoms with van der Waals surface area (Å²) >= 11 is 0. The highest BCUT2D eigenvalue weighted by atomic mass is 15.2. The summed E-state index contributed by atoms with van der Waals surface area (Å²) in [6.07, 6.45) is 6.20. The van der Waals surface area contributed by atoms with Gasteiger partial charge in [0.25, 0.3) is 0 Å². The van der Waals surface area contributed by atoms with Crippen LogP contribution in [0.5, 0.6) is 0 Å². The Morgan fingerprint density at radius 1 is 1.20 bits per heavy atom. The minimum Gasteiger partial charge on any atom is -0.355 e. The molecule has 4 rings (SSSR count). The molecule has 6 heteroatoms. The third-order valence-corrected chi connectivity index (χ3v) is 4.91. The Balaban J connectivity index is 1.56. The zero-order valence-corrected chi connectivity index (χ0v) is 14.8. The van der Waals surface area contributed by atoms with Crippen molar-refractivity contribution in [3.8, 4) is 0 Å². The molecule has 0 spiro atoms. The first kappa shape index (κ1) is 16.0. The van der Waals surface area contributed by atoms with Crippen LogP contribution in [0.15, 0.2) is 36.7 Å². The van der Waals surface area contributed by atoms with E-state index in [1.807, 2.05) is 19.3 Å². The summed E-state index contributed by atoms with van der Waals surface area (Å²) in [5, 5.41) is 3.14. The van der Waals surface area contributed by atoms with Gasteiger partial charge in [-0.2, -0.15) is 0 Å². The van der Waals surface area contributed by atoms with E-state index >= 15 is 0 Å². The van der Waals surface area contributed by atoms with Crippen LogP contribution in [-0.4, -0.2) is 37.5 Å². The molecule has 1 aliphatic rings. The number of hydrogen-bond acceptors (Lipinski definition) is 5. The van der Waals surface area contributed by atoms with Crippen molar-refractivity contribution in [3.05, 3.63) is 48.0 Å². The molecular formula is C19H24N6. The molecule has 25 heavy (non-hydrogen) atoms. The standard InChI is InChI=1S/C19H24N6/c1-3-20-19-21-11-14(12-22-19)13-25-10-6-9-17(25)18-23-15-7-4-5-8-16(15)24(18)2/h4-5,7-8,11-12,17H,3,6,9-10,13H2,1-2H3,(H,20,21,22)/t17-/m0/s1. The van der Waals surface area contributed by atoms with E-state index in [1.54, 1.807) is 0 Å². The Hall–Kier alpha value is -2.47. The number of rotatable bonds is 5. The van der Waals surface area contributed by atoms with Crippen molar-refractivity contribution in [2.75, 3.05) is 18.4 Å². The first-order valence-electron chi connectivity index (χ1n) is 8.96. The van der Waals surface area contributed by atoms with Gasteiger partial charge in [0.1, 0.15) is 5.82 Å². The Bertz CT molecular complexity index is 854. The number of hydrogen-bond donors (Lipinski definition) is 1. The van der Waals surface area contributed by atoms with E-state index in [0.29, 0.717) is 12.0 Å². The fraction of sp³-hybridized carbons (Fsp3) is 0.421. The Morgan fingerprint density at radius 2 is 2.00 bits per heavy atom. The lowest BCUT2D eigenvalue weighted by molar-refractivity contribution is 0.236. The summed E-state index contributed by atoms with van der Waals surface area (Å²) < 4.78 is 2.24. The first-order chi connectivity index (χ1) is 12.3. The molecule has 0 saturated carbocycles. The molecule has 0 aliphatic carbocycles. The number of nitrogens with zero attached hydrogens (tertiary/aromatic N) is 5. The molecule has 1 aliphatic heterocycles. The van der Waals surface area contributed by atoms with Gasteiger partial charge in [0.2, 0.25) is 5.95 Å². The molecule has 3 heterocycles. The molecular weight excluding hydrogens is 312 g/mol. The molecule has 3 aromatic rings. The van der Waals surface area contributed by atoms with Gasteiger partial charge in [0.15, 0.2) is 0 Å². The molecule has 130 valence electrons. The predicted octanol–water partition coefficient (Wildman–Crippen LogP) is 3.13. The van der Waals surface area contributed by atoms with Crippen LogP contribution in [0.1, 0.15) is 37.2 Å². The van der Waals surface area contributed by atoms with Gasteiger partial charge < -0.3 is 9.88 Å².